The van der Waals surface area contributed by atoms with Crippen LogP contribution in [0.15, 0.2) is 0 Å². The lowest BCUT2D eigenvalue weighted by Gasteiger charge is -2.25. The summed E-state index contributed by atoms with van der Waals surface area (Å²) in [5, 5.41) is 6.05. The average Bonchev–Trinajstić information content (AvgIpc) is 2.70. The number of urea groups is 1. The molecule has 4 heteroatoms. The summed E-state index contributed by atoms with van der Waals surface area (Å²) in [6.45, 7) is 7.91. The number of hydrogen-bond acceptors (Lipinski definition) is 2. The molecule has 0 saturated heterocycles. The lowest BCUT2D eigenvalue weighted by atomic mass is 9.90. The number of nitrogens with one attached hydrogen (secondary N) is 2. The molecule has 18 heavy (non-hydrogen) atoms. The normalized spacial score (nSPS) is 24.0. The first kappa shape index (κ1) is 15.3. The SMILES string of the molecule is COCCC(C)(C)CNC(=O)N[C@H]1CCC[C@H]1C. The fraction of sp³-hybridized carbons (Fsp3) is 0.929. The number of carbonyl (C=O) groups is 1. The summed E-state index contributed by atoms with van der Waals surface area (Å²) < 4.78 is 5.08. The molecule has 1 aliphatic rings. The van der Waals surface area contributed by atoms with Crippen molar-refractivity contribution in [2.45, 2.75) is 52.5 Å². The third-order valence-corrected chi connectivity index (χ3v) is 3.89. The zero-order valence-corrected chi connectivity index (χ0v) is 12.2. The Labute approximate surface area is 111 Å². The van der Waals surface area contributed by atoms with Crippen molar-refractivity contribution >= 4 is 6.03 Å². The number of methoxy groups -OCH3 is 1. The van der Waals surface area contributed by atoms with E-state index in [1.54, 1.807) is 7.11 Å². The molecule has 0 radical (unpaired) electrons. The monoisotopic (exact) mass is 256 g/mol. The molecule has 0 aliphatic heterocycles. The van der Waals surface area contributed by atoms with E-state index in [1.165, 1.54) is 12.8 Å². The third-order valence-electron chi connectivity index (χ3n) is 3.89. The third kappa shape index (κ3) is 5.25. The molecule has 0 aromatic rings. The van der Waals surface area contributed by atoms with E-state index in [0.717, 1.165) is 19.4 Å². The van der Waals surface area contributed by atoms with Crippen LogP contribution in [0, 0.1) is 11.3 Å². The maximum Gasteiger partial charge on any atom is 0.315 e. The van der Waals surface area contributed by atoms with E-state index in [9.17, 15) is 4.79 Å². The van der Waals surface area contributed by atoms with Crippen LogP contribution in [-0.2, 0) is 4.74 Å². The van der Waals surface area contributed by atoms with Gasteiger partial charge in [-0.2, -0.15) is 0 Å². The molecule has 2 amide bonds. The minimum atomic E-state index is -0.0285. The maximum absolute atomic E-state index is 11.8. The van der Waals surface area contributed by atoms with Crippen molar-refractivity contribution < 1.29 is 9.53 Å². The van der Waals surface area contributed by atoms with Gasteiger partial charge in [0.1, 0.15) is 0 Å². The molecular formula is C14H28N2O2. The zero-order chi connectivity index (χ0) is 13.6. The van der Waals surface area contributed by atoms with Gasteiger partial charge in [-0.1, -0.05) is 27.2 Å². The van der Waals surface area contributed by atoms with Crippen LogP contribution in [-0.4, -0.2) is 32.3 Å². The molecule has 4 nitrogen and oxygen atoms in total. The molecule has 0 heterocycles. The summed E-state index contributed by atoms with van der Waals surface area (Å²) in [7, 11) is 1.71. The second-order valence-electron chi connectivity index (χ2n) is 6.25. The summed E-state index contributed by atoms with van der Waals surface area (Å²) in [6.07, 6.45) is 4.51. The second kappa shape index (κ2) is 6.98. The number of rotatable bonds is 6. The highest BCUT2D eigenvalue weighted by Crippen LogP contribution is 2.24. The summed E-state index contributed by atoms with van der Waals surface area (Å²) >= 11 is 0. The van der Waals surface area contributed by atoms with Gasteiger partial charge in [0.05, 0.1) is 0 Å². The van der Waals surface area contributed by atoms with Crippen molar-refractivity contribution in [3.8, 4) is 0 Å². The van der Waals surface area contributed by atoms with Crippen molar-refractivity contribution in [1.29, 1.82) is 0 Å². The number of hydrogen-bond donors (Lipinski definition) is 2. The van der Waals surface area contributed by atoms with Gasteiger partial charge in [0.25, 0.3) is 0 Å². The Balaban J connectivity index is 2.23. The molecule has 0 bridgehead atoms. The molecule has 106 valence electrons. The van der Waals surface area contributed by atoms with Gasteiger partial charge < -0.3 is 15.4 Å². The van der Waals surface area contributed by atoms with E-state index >= 15 is 0 Å². The lowest BCUT2D eigenvalue weighted by Crippen LogP contribution is -2.46. The Hall–Kier alpha value is -0.770. The van der Waals surface area contributed by atoms with Gasteiger partial charge >= 0.3 is 6.03 Å². The molecule has 0 aromatic heterocycles. The molecule has 1 fully saturated rings. The molecule has 0 spiro atoms. The Bertz CT molecular complexity index is 267. The first-order valence-electron chi connectivity index (χ1n) is 6.98. The van der Waals surface area contributed by atoms with E-state index in [2.05, 4.69) is 31.4 Å². The second-order valence-corrected chi connectivity index (χ2v) is 6.25. The molecule has 1 saturated carbocycles. The molecule has 1 rings (SSSR count). The zero-order valence-electron chi connectivity index (χ0n) is 12.2. The highest BCUT2D eigenvalue weighted by molar-refractivity contribution is 5.74. The van der Waals surface area contributed by atoms with E-state index in [-0.39, 0.29) is 11.4 Å². The highest BCUT2D eigenvalue weighted by atomic mass is 16.5. The predicted molar refractivity (Wildman–Crippen MR) is 73.6 cm³/mol. The van der Waals surface area contributed by atoms with Crippen LogP contribution < -0.4 is 10.6 Å². The molecule has 1 aliphatic carbocycles. The van der Waals surface area contributed by atoms with Crippen molar-refractivity contribution in [2.75, 3.05) is 20.3 Å². The quantitative estimate of drug-likeness (QED) is 0.767. The van der Waals surface area contributed by atoms with Gasteiger partial charge in [0, 0.05) is 26.3 Å². The van der Waals surface area contributed by atoms with E-state index < -0.39 is 0 Å². The van der Waals surface area contributed by atoms with E-state index in [0.29, 0.717) is 18.5 Å². The smallest absolute Gasteiger partial charge is 0.315 e. The van der Waals surface area contributed by atoms with Crippen LogP contribution in [0.4, 0.5) is 4.79 Å². The molecule has 0 unspecified atom stereocenters. The predicted octanol–water partition coefficient (Wildman–Crippen LogP) is 2.54. The van der Waals surface area contributed by atoms with Gasteiger partial charge in [-0.05, 0) is 30.6 Å². The van der Waals surface area contributed by atoms with E-state index in [4.69, 9.17) is 4.74 Å². The maximum atomic E-state index is 11.8. The van der Waals surface area contributed by atoms with Crippen molar-refractivity contribution in [2.24, 2.45) is 11.3 Å². The summed E-state index contributed by atoms with van der Waals surface area (Å²) in [4.78, 5) is 11.8. The number of carbonyl (C=O) groups excluding carboxylic acids is 1. The Kier molecular flexibility index (Phi) is 5.93. The van der Waals surface area contributed by atoms with Crippen molar-refractivity contribution in [1.82, 2.24) is 10.6 Å². The van der Waals surface area contributed by atoms with Gasteiger partial charge in [0.2, 0.25) is 0 Å². The van der Waals surface area contributed by atoms with Gasteiger partial charge in [-0.25, -0.2) is 4.79 Å². The Morgan fingerprint density at radius 1 is 1.39 bits per heavy atom. The standard InChI is InChI=1S/C14H28N2O2/c1-11-6-5-7-12(11)16-13(17)15-10-14(2,3)8-9-18-4/h11-12H,5-10H2,1-4H3,(H2,15,16,17)/t11-,12+/m1/s1. The summed E-state index contributed by atoms with van der Waals surface area (Å²) in [5.41, 5.74) is 0.0780. The van der Waals surface area contributed by atoms with Crippen LogP contribution in [0.5, 0.6) is 0 Å². The fourth-order valence-corrected chi connectivity index (χ4v) is 2.37. The van der Waals surface area contributed by atoms with Crippen LogP contribution in [0.2, 0.25) is 0 Å². The van der Waals surface area contributed by atoms with Crippen LogP contribution in [0.3, 0.4) is 0 Å². The van der Waals surface area contributed by atoms with Gasteiger partial charge in [-0.15, -0.1) is 0 Å². The first-order chi connectivity index (χ1) is 8.44. The Morgan fingerprint density at radius 2 is 2.11 bits per heavy atom. The lowest BCUT2D eigenvalue weighted by molar-refractivity contribution is 0.150. The van der Waals surface area contributed by atoms with Gasteiger partial charge in [-0.3, -0.25) is 0 Å². The summed E-state index contributed by atoms with van der Waals surface area (Å²) in [6, 6.07) is 0.325. The van der Waals surface area contributed by atoms with E-state index in [1.807, 2.05) is 0 Å². The fourth-order valence-electron chi connectivity index (χ4n) is 2.37. The minimum absolute atomic E-state index is 0.0285. The minimum Gasteiger partial charge on any atom is -0.385 e. The Morgan fingerprint density at radius 3 is 2.67 bits per heavy atom. The summed E-state index contributed by atoms with van der Waals surface area (Å²) in [5.74, 6) is 0.609. The molecule has 0 aromatic carbocycles. The van der Waals surface area contributed by atoms with Gasteiger partial charge in [0.15, 0.2) is 0 Å². The highest BCUT2D eigenvalue weighted by Gasteiger charge is 2.25. The largest absolute Gasteiger partial charge is 0.385 e. The number of amides is 2. The van der Waals surface area contributed by atoms with Crippen molar-refractivity contribution in [3.63, 3.8) is 0 Å². The average molecular weight is 256 g/mol. The van der Waals surface area contributed by atoms with Crippen LogP contribution >= 0.6 is 0 Å². The first-order valence-corrected chi connectivity index (χ1v) is 6.98. The topological polar surface area (TPSA) is 50.4 Å². The van der Waals surface area contributed by atoms with Crippen LogP contribution in [0.1, 0.15) is 46.5 Å². The molecule has 2 N–H and O–H groups in total. The number of ether oxygens (including phenoxy) is 1. The molecule has 2 atom stereocenters. The molecular weight excluding hydrogens is 228 g/mol. The van der Waals surface area contributed by atoms with Crippen LogP contribution in [0.25, 0.3) is 0 Å². The van der Waals surface area contributed by atoms with Crippen molar-refractivity contribution in [3.05, 3.63) is 0 Å².